The number of hydrogen-bond acceptors (Lipinski definition) is 1. The minimum absolute atomic E-state index is 0.466. The predicted molar refractivity (Wildman–Crippen MR) is 60.2 cm³/mol. The Kier molecular flexibility index (Phi) is 2.60. The lowest BCUT2D eigenvalue weighted by molar-refractivity contribution is 0.521. The van der Waals surface area contributed by atoms with Crippen LogP contribution in [0.4, 0.5) is 0 Å². The Labute approximate surface area is 86.3 Å². The van der Waals surface area contributed by atoms with Gasteiger partial charge in [-0.1, -0.05) is 31.2 Å². The molecular weight excluding hydrogens is 170 g/mol. The lowest BCUT2D eigenvalue weighted by Gasteiger charge is -2.12. The molecule has 0 spiro atoms. The molecule has 1 aromatic rings. The average molecular weight is 189 g/mol. The van der Waals surface area contributed by atoms with E-state index in [1.165, 1.54) is 30.4 Å². The summed E-state index contributed by atoms with van der Waals surface area (Å²) < 4.78 is 0. The molecule has 0 heterocycles. The summed E-state index contributed by atoms with van der Waals surface area (Å²) in [6, 6.07) is 8.99. The molecule has 0 atom stereocenters. The summed E-state index contributed by atoms with van der Waals surface area (Å²) in [5, 5.41) is 0. The van der Waals surface area contributed by atoms with Crippen molar-refractivity contribution in [3.63, 3.8) is 0 Å². The van der Waals surface area contributed by atoms with Crippen LogP contribution in [0.3, 0.4) is 0 Å². The van der Waals surface area contributed by atoms with Crippen molar-refractivity contribution in [3.8, 4) is 0 Å². The second kappa shape index (κ2) is 3.74. The van der Waals surface area contributed by atoms with Crippen molar-refractivity contribution in [2.45, 2.75) is 32.6 Å². The fourth-order valence-corrected chi connectivity index (χ4v) is 1.96. The highest BCUT2D eigenvalue weighted by molar-refractivity contribution is 5.24. The maximum absolute atomic E-state index is 5.77. The van der Waals surface area contributed by atoms with Crippen molar-refractivity contribution in [1.29, 1.82) is 0 Å². The summed E-state index contributed by atoms with van der Waals surface area (Å²) in [7, 11) is 0. The molecule has 1 aromatic carbocycles. The normalized spacial score (nSPS) is 18.1. The van der Waals surface area contributed by atoms with Crippen LogP contribution in [0, 0.1) is 5.41 Å². The van der Waals surface area contributed by atoms with Crippen molar-refractivity contribution < 1.29 is 0 Å². The quantitative estimate of drug-likeness (QED) is 0.774. The number of aryl methyl sites for hydroxylation is 1. The third-order valence-electron chi connectivity index (χ3n) is 3.40. The van der Waals surface area contributed by atoms with Crippen LogP contribution in [0.15, 0.2) is 24.3 Å². The fraction of sp³-hybridized carbons (Fsp3) is 0.538. The molecule has 1 fully saturated rings. The lowest BCUT2D eigenvalue weighted by Crippen LogP contribution is -2.17. The monoisotopic (exact) mass is 189 g/mol. The highest BCUT2D eigenvalue weighted by atomic mass is 14.6. The Morgan fingerprint density at radius 1 is 1.14 bits per heavy atom. The molecule has 76 valence electrons. The van der Waals surface area contributed by atoms with Gasteiger partial charge in [0.2, 0.25) is 0 Å². The molecule has 0 saturated heterocycles. The fourth-order valence-electron chi connectivity index (χ4n) is 1.96. The van der Waals surface area contributed by atoms with Crippen LogP contribution < -0.4 is 5.73 Å². The standard InChI is InChI=1S/C13H19N/c1-2-11-3-5-12(6-4-11)9-13(10-14)7-8-13/h3-6H,2,7-10,14H2,1H3. The van der Waals surface area contributed by atoms with Crippen molar-refractivity contribution >= 4 is 0 Å². The highest BCUT2D eigenvalue weighted by Crippen LogP contribution is 2.47. The molecule has 2 rings (SSSR count). The third kappa shape index (κ3) is 1.98. The molecule has 1 aliphatic carbocycles. The van der Waals surface area contributed by atoms with Gasteiger partial charge in [0.1, 0.15) is 0 Å². The van der Waals surface area contributed by atoms with Crippen molar-refractivity contribution in [3.05, 3.63) is 35.4 Å². The second-order valence-electron chi connectivity index (χ2n) is 4.55. The summed E-state index contributed by atoms with van der Waals surface area (Å²) in [5.74, 6) is 0. The maximum atomic E-state index is 5.77. The predicted octanol–water partition coefficient (Wildman–Crippen LogP) is 2.53. The third-order valence-corrected chi connectivity index (χ3v) is 3.40. The molecule has 0 aliphatic heterocycles. The zero-order chi connectivity index (χ0) is 10.0. The summed E-state index contributed by atoms with van der Waals surface area (Å²) in [6.45, 7) is 3.04. The molecule has 0 radical (unpaired) electrons. The Morgan fingerprint density at radius 3 is 2.14 bits per heavy atom. The summed E-state index contributed by atoms with van der Waals surface area (Å²) in [5.41, 5.74) is 9.11. The van der Waals surface area contributed by atoms with E-state index in [-0.39, 0.29) is 0 Å². The van der Waals surface area contributed by atoms with E-state index in [0.29, 0.717) is 5.41 Å². The molecular formula is C13H19N. The zero-order valence-electron chi connectivity index (χ0n) is 8.92. The first-order chi connectivity index (χ1) is 6.78. The molecule has 14 heavy (non-hydrogen) atoms. The molecule has 0 unspecified atom stereocenters. The molecule has 1 heteroatoms. The first kappa shape index (κ1) is 9.72. The maximum Gasteiger partial charge on any atom is -0.00173 e. The molecule has 1 saturated carbocycles. The highest BCUT2D eigenvalue weighted by Gasteiger charge is 2.40. The van der Waals surface area contributed by atoms with Gasteiger partial charge in [-0.05, 0) is 48.8 Å². The van der Waals surface area contributed by atoms with E-state index in [2.05, 4.69) is 31.2 Å². The van der Waals surface area contributed by atoms with Gasteiger partial charge in [0.25, 0.3) is 0 Å². The topological polar surface area (TPSA) is 26.0 Å². The largest absolute Gasteiger partial charge is 0.330 e. The van der Waals surface area contributed by atoms with Gasteiger partial charge in [0.15, 0.2) is 0 Å². The Morgan fingerprint density at radius 2 is 1.71 bits per heavy atom. The number of rotatable bonds is 4. The summed E-state index contributed by atoms with van der Waals surface area (Å²) in [6.07, 6.45) is 4.94. The minimum Gasteiger partial charge on any atom is -0.330 e. The first-order valence-corrected chi connectivity index (χ1v) is 5.56. The minimum atomic E-state index is 0.466. The van der Waals surface area contributed by atoms with Crippen LogP contribution in [0.5, 0.6) is 0 Å². The second-order valence-corrected chi connectivity index (χ2v) is 4.55. The van der Waals surface area contributed by atoms with Gasteiger partial charge in [-0.25, -0.2) is 0 Å². The summed E-state index contributed by atoms with van der Waals surface area (Å²) in [4.78, 5) is 0. The van der Waals surface area contributed by atoms with Crippen molar-refractivity contribution in [2.24, 2.45) is 11.1 Å². The smallest absolute Gasteiger partial charge is 0.00173 e. The van der Waals surface area contributed by atoms with E-state index in [9.17, 15) is 0 Å². The zero-order valence-corrected chi connectivity index (χ0v) is 8.92. The lowest BCUT2D eigenvalue weighted by atomic mass is 9.96. The van der Waals surface area contributed by atoms with Crippen molar-refractivity contribution in [1.82, 2.24) is 0 Å². The molecule has 1 aliphatic rings. The van der Waals surface area contributed by atoms with Crippen LogP contribution in [-0.2, 0) is 12.8 Å². The average Bonchev–Trinajstić information content (AvgIpc) is 3.00. The summed E-state index contributed by atoms with van der Waals surface area (Å²) >= 11 is 0. The van der Waals surface area contributed by atoms with E-state index in [1.807, 2.05) is 0 Å². The SMILES string of the molecule is CCc1ccc(CC2(CN)CC2)cc1. The van der Waals surface area contributed by atoms with Gasteiger partial charge in [-0.2, -0.15) is 0 Å². The van der Waals surface area contributed by atoms with Gasteiger partial charge in [-0.15, -0.1) is 0 Å². The number of hydrogen-bond donors (Lipinski definition) is 1. The van der Waals surface area contributed by atoms with Gasteiger partial charge >= 0.3 is 0 Å². The van der Waals surface area contributed by atoms with E-state index >= 15 is 0 Å². The Hall–Kier alpha value is -0.820. The van der Waals surface area contributed by atoms with Crippen molar-refractivity contribution in [2.75, 3.05) is 6.54 Å². The van der Waals surface area contributed by atoms with Crippen LogP contribution in [-0.4, -0.2) is 6.54 Å². The Bertz CT molecular complexity index is 296. The first-order valence-electron chi connectivity index (χ1n) is 5.56. The van der Waals surface area contributed by atoms with Crippen LogP contribution in [0.2, 0.25) is 0 Å². The molecule has 2 N–H and O–H groups in total. The Balaban J connectivity index is 2.03. The van der Waals surface area contributed by atoms with E-state index < -0.39 is 0 Å². The van der Waals surface area contributed by atoms with E-state index in [4.69, 9.17) is 5.73 Å². The molecule has 0 amide bonds. The van der Waals surface area contributed by atoms with E-state index in [0.717, 1.165) is 13.0 Å². The van der Waals surface area contributed by atoms with Gasteiger partial charge in [-0.3, -0.25) is 0 Å². The van der Waals surface area contributed by atoms with Crippen LogP contribution in [0.25, 0.3) is 0 Å². The molecule has 0 bridgehead atoms. The van der Waals surface area contributed by atoms with E-state index in [1.54, 1.807) is 0 Å². The molecule has 0 aromatic heterocycles. The number of nitrogens with two attached hydrogens (primary N) is 1. The molecule has 1 nitrogen and oxygen atoms in total. The number of benzene rings is 1. The van der Waals surface area contributed by atoms with Crippen LogP contribution in [0.1, 0.15) is 30.9 Å². The van der Waals surface area contributed by atoms with Crippen LogP contribution >= 0.6 is 0 Å². The van der Waals surface area contributed by atoms with Gasteiger partial charge < -0.3 is 5.73 Å². The van der Waals surface area contributed by atoms with Gasteiger partial charge in [0, 0.05) is 0 Å². The van der Waals surface area contributed by atoms with Gasteiger partial charge in [0.05, 0.1) is 0 Å².